The maximum absolute atomic E-state index is 4.98. The zero-order valence-corrected chi connectivity index (χ0v) is 15.8. The zero-order chi connectivity index (χ0) is 18.5. The number of hydrogen-bond acceptors (Lipinski definition) is 6. The lowest BCUT2D eigenvalue weighted by molar-refractivity contribution is 0.740. The summed E-state index contributed by atoms with van der Waals surface area (Å²) >= 11 is 1.57. The van der Waals surface area contributed by atoms with Gasteiger partial charge in [0.2, 0.25) is 0 Å². The Bertz CT molecular complexity index is 1260. The first-order chi connectivity index (χ1) is 13.1. The molecule has 8 nitrogen and oxygen atoms in total. The zero-order valence-electron chi connectivity index (χ0n) is 15.0. The van der Waals surface area contributed by atoms with Gasteiger partial charge in [0.15, 0.2) is 5.82 Å². The van der Waals surface area contributed by atoms with Crippen LogP contribution in [0.3, 0.4) is 0 Å². The van der Waals surface area contributed by atoms with Crippen molar-refractivity contribution in [1.82, 2.24) is 39.6 Å². The molecule has 0 saturated heterocycles. The summed E-state index contributed by atoms with van der Waals surface area (Å²) < 4.78 is 3.73. The highest BCUT2D eigenvalue weighted by molar-refractivity contribution is 7.19. The number of thiazole rings is 1. The number of nitrogens with zero attached hydrogens (tertiary/aromatic N) is 7. The second-order valence-corrected chi connectivity index (χ2v) is 7.28. The van der Waals surface area contributed by atoms with Gasteiger partial charge < -0.3 is 0 Å². The van der Waals surface area contributed by atoms with E-state index in [9.17, 15) is 0 Å². The molecule has 0 aliphatic carbocycles. The third-order valence-electron chi connectivity index (χ3n) is 4.66. The lowest BCUT2D eigenvalue weighted by Gasteiger charge is -1.99. The Morgan fingerprint density at radius 2 is 2.07 bits per heavy atom. The molecular formula is C18H16N8S. The minimum atomic E-state index is 0.631. The summed E-state index contributed by atoms with van der Waals surface area (Å²) in [5.41, 5.74) is 5.86. The largest absolute Gasteiger partial charge is 0.272 e. The van der Waals surface area contributed by atoms with Crippen molar-refractivity contribution < 1.29 is 0 Å². The van der Waals surface area contributed by atoms with Gasteiger partial charge in [0.25, 0.3) is 0 Å². The van der Waals surface area contributed by atoms with Crippen molar-refractivity contribution in [3.63, 3.8) is 0 Å². The monoisotopic (exact) mass is 376 g/mol. The van der Waals surface area contributed by atoms with Gasteiger partial charge >= 0.3 is 0 Å². The van der Waals surface area contributed by atoms with Gasteiger partial charge in [-0.25, -0.2) is 14.5 Å². The second-order valence-electron chi connectivity index (χ2n) is 6.28. The minimum absolute atomic E-state index is 0.631. The highest BCUT2D eigenvalue weighted by atomic mass is 32.1. The minimum Gasteiger partial charge on any atom is -0.272 e. The number of aromatic amines is 1. The maximum Gasteiger partial charge on any atom is 0.193 e. The number of aromatic nitrogens is 8. The molecule has 5 rings (SSSR count). The summed E-state index contributed by atoms with van der Waals surface area (Å²) in [5, 5.41) is 16.9. The van der Waals surface area contributed by atoms with Crippen LogP contribution in [0.15, 0.2) is 36.9 Å². The summed E-state index contributed by atoms with van der Waals surface area (Å²) in [5.74, 6) is 0.631. The van der Waals surface area contributed by atoms with Crippen LogP contribution in [-0.4, -0.2) is 39.6 Å². The van der Waals surface area contributed by atoms with Crippen molar-refractivity contribution in [3.05, 3.63) is 48.3 Å². The lowest BCUT2D eigenvalue weighted by Crippen LogP contribution is -1.93. The van der Waals surface area contributed by atoms with E-state index in [1.807, 2.05) is 54.6 Å². The first-order valence-electron chi connectivity index (χ1n) is 8.43. The van der Waals surface area contributed by atoms with Crippen LogP contribution in [0.2, 0.25) is 0 Å². The molecule has 0 amide bonds. The first kappa shape index (κ1) is 15.9. The van der Waals surface area contributed by atoms with Gasteiger partial charge in [0, 0.05) is 24.5 Å². The number of aryl methyl sites for hydroxylation is 2. The van der Waals surface area contributed by atoms with Crippen molar-refractivity contribution in [1.29, 1.82) is 0 Å². The van der Waals surface area contributed by atoms with Crippen molar-refractivity contribution in [2.75, 3.05) is 0 Å². The van der Waals surface area contributed by atoms with Crippen molar-refractivity contribution in [2.24, 2.45) is 7.05 Å². The Morgan fingerprint density at radius 1 is 1.19 bits per heavy atom. The summed E-state index contributed by atoms with van der Waals surface area (Å²) in [4.78, 5) is 10.2. The number of rotatable bonds is 3. The average Bonchev–Trinajstić information content (AvgIpc) is 3.42. The molecule has 1 N–H and O–H groups in total. The smallest absolute Gasteiger partial charge is 0.193 e. The fourth-order valence-electron chi connectivity index (χ4n) is 3.19. The molecule has 0 aliphatic heterocycles. The number of pyridine rings is 1. The first-order valence-corrected chi connectivity index (χ1v) is 9.25. The van der Waals surface area contributed by atoms with E-state index in [-0.39, 0.29) is 0 Å². The molecule has 0 fully saturated rings. The van der Waals surface area contributed by atoms with Gasteiger partial charge in [0.05, 0.1) is 28.7 Å². The number of nitrogens with one attached hydrogen (secondary N) is 1. The lowest BCUT2D eigenvalue weighted by atomic mass is 10.1. The van der Waals surface area contributed by atoms with Gasteiger partial charge in [-0.1, -0.05) is 6.07 Å². The SMILES string of the molecule is Cc1nn2ccccc2c1-c1nc(-c2cnn(C)c2C)c(-c2nc[nH]n2)s1. The molecule has 5 heterocycles. The fraction of sp³-hybridized carbons (Fsp3) is 0.167. The molecule has 0 spiro atoms. The summed E-state index contributed by atoms with van der Waals surface area (Å²) in [6.07, 6.45) is 5.37. The van der Waals surface area contributed by atoms with Gasteiger partial charge in [0.1, 0.15) is 16.2 Å². The Labute approximate surface area is 158 Å². The predicted octanol–water partition coefficient (Wildman–Crippen LogP) is 3.26. The van der Waals surface area contributed by atoms with Gasteiger partial charge in [-0.05, 0) is 26.0 Å². The van der Waals surface area contributed by atoms with Crippen molar-refractivity contribution in [2.45, 2.75) is 13.8 Å². The van der Waals surface area contributed by atoms with Crippen LogP contribution < -0.4 is 0 Å². The number of H-pyrrole nitrogens is 1. The van der Waals surface area contributed by atoms with Crippen LogP contribution in [0.4, 0.5) is 0 Å². The molecule has 134 valence electrons. The molecule has 0 unspecified atom stereocenters. The Kier molecular flexibility index (Phi) is 3.44. The fourth-order valence-corrected chi connectivity index (χ4v) is 4.32. The highest BCUT2D eigenvalue weighted by Crippen LogP contribution is 2.41. The Hall–Kier alpha value is -3.33. The number of fused-ring (bicyclic) bond motifs is 1. The third-order valence-corrected chi connectivity index (χ3v) is 5.73. The summed E-state index contributed by atoms with van der Waals surface area (Å²) in [6, 6.07) is 6.03. The van der Waals surface area contributed by atoms with E-state index in [4.69, 9.17) is 4.98 Å². The van der Waals surface area contributed by atoms with Gasteiger partial charge in [-0.2, -0.15) is 15.3 Å². The van der Waals surface area contributed by atoms with E-state index in [2.05, 4.69) is 31.4 Å². The topological polar surface area (TPSA) is 89.6 Å². The molecule has 27 heavy (non-hydrogen) atoms. The van der Waals surface area contributed by atoms with Crippen LogP contribution >= 0.6 is 11.3 Å². The standard InChI is InChI=1S/C18H16N8S/c1-10-14(13-6-4-5-7-26(13)24-10)18-22-15(12-8-21-25(3)11(12)2)16(27-18)17-19-9-20-23-17/h4-9H,1-3H3,(H,19,20,23). The molecule has 0 atom stereocenters. The molecule has 9 heteroatoms. The van der Waals surface area contributed by atoms with Gasteiger partial charge in [-0.3, -0.25) is 9.78 Å². The van der Waals surface area contributed by atoms with Crippen LogP contribution in [0.25, 0.3) is 38.0 Å². The molecule has 0 aliphatic rings. The average molecular weight is 376 g/mol. The van der Waals surface area contributed by atoms with Crippen molar-refractivity contribution >= 4 is 16.9 Å². The summed E-state index contributed by atoms with van der Waals surface area (Å²) in [7, 11) is 1.92. The van der Waals surface area contributed by atoms with Crippen molar-refractivity contribution in [3.8, 4) is 32.5 Å². The summed E-state index contributed by atoms with van der Waals surface area (Å²) in [6.45, 7) is 4.04. The Morgan fingerprint density at radius 3 is 2.81 bits per heavy atom. The molecule has 5 aromatic heterocycles. The van der Waals surface area contributed by atoms with Crippen LogP contribution in [0.5, 0.6) is 0 Å². The quantitative estimate of drug-likeness (QED) is 0.522. The van der Waals surface area contributed by atoms with Crippen LogP contribution in [0, 0.1) is 13.8 Å². The second kappa shape index (κ2) is 5.85. The Balaban J connectivity index is 1.79. The van der Waals surface area contributed by atoms with Crippen LogP contribution in [0.1, 0.15) is 11.4 Å². The molecule has 5 aromatic rings. The van der Waals surface area contributed by atoms with E-state index in [0.29, 0.717) is 5.82 Å². The molecule has 0 bridgehead atoms. The molecular weight excluding hydrogens is 360 g/mol. The van der Waals surface area contributed by atoms with E-state index in [1.54, 1.807) is 17.7 Å². The highest BCUT2D eigenvalue weighted by Gasteiger charge is 2.23. The predicted molar refractivity (Wildman–Crippen MR) is 103 cm³/mol. The maximum atomic E-state index is 4.98. The molecule has 0 radical (unpaired) electrons. The van der Waals surface area contributed by atoms with E-state index in [0.717, 1.165) is 43.6 Å². The third kappa shape index (κ3) is 2.39. The number of hydrogen-bond donors (Lipinski definition) is 1. The van der Waals surface area contributed by atoms with E-state index in [1.165, 1.54) is 0 Å². The normalized spacial score (nSPS) is 11.5. The molecule has 0 aromatic carbocycles. The van der Waals surface area contributed by atoms with Gasteiger partial charge in [-0.15, -0.1) is 11.3 Å². The van der Waals surface area contributed by atoms with E-state index < -0.39 is 0 Å². The van der Waals surface area contributed by atoms with Crippen LogP contribution in [-0.2, 0) is 7.05 Å². The molecule has 0 saturated carbocycles. The van der Waals surface area contributed by atoms with E-state index >= 15 is 0 Å².